The van der Waals surface area contributed by atoms with E-state index in [4.69, 9.17) is 0 Å². The highest BCUT2D eigenvalue weighted by Gasteiger charge is 2.38. The summed E-state index contributed by atoms with van der Waals surface area (Å²) in [6.45, 7) is 0. The van der Waals surface area contributed by atoms with Gasteiger partial charge < -0.3 is 19.9 Å². The summed E-state index contributed by atoms with van der Waals surface area (Å²) < 4.78 is 15.3. The zero-order valence-corrected chi connectivity index (χ0v) is 19.5. The summed E-state index contributed by atoms with van der Waals surface area (Å²) in [5.41, 5.74) is 0. The van der Waals surface area contributed by atoms with E-state index in [-0.39, 0.29) is 33.2 Å². The Morgan fingerprint density at radius 3 is 1.00 bits per heavy atom. The number of aromatic hydroxyl groups is 3. The minimum Gasteiger partial charge on any atom is -0.506 e. The molecule has 170 valence electrons. The van der Waals surface area contributed by atoms with Crippen LogP contribution in [0.15, 0.2) is 109 Å². The maximum absolute atomic E-state index is 15.3. The predicted octanol–water partition coefficient (Wildman–Crippen LogP) is 5.90. The molecule has 0 amide bonds. The number of phenols is 3. The Bertz CT molecular complexity index is 1610. The minimum absolute atomic E-state index is 0.133. The highest BCUT2D eigenvalue weighted by atomic mass is 31.2. The lowest BCUT2D eigenvalue weighted by atomic mass is 10.1. The van der Waals surface area contributed by atoms with Gasteiger partial charge in [-0.2, -0.15) is 0 Å². The molecule has 0 fully saturated rings. The van der Waals surface area contributed by atoms with Crippen LogP contribution in [0.25, 0.3) is 32.3 Å². The molecule has 35 heavy (non-hydrogen) atoms. The largest absolute Gasteiger partial charge is 0.506 e. The molecule has 0 aromatic heterocycles. The van der Waals surface area contributed by atoms with E-state index in [0.717, 1.165) is 16.2 Å². The topological polar surface area (TPSA) is 77.8 Å². The molecule has 0 unspecified atom stereocenters. The molecule has 0 saturated carbocycles. The highest BCUT2D eigenvalue weighted by Crippen LogP contribution is 2.52. The Kier molecular flexibility index (Phi) is 4.80. The molecule has 0 saturated heterocycles. The first-order valence-corrected chi connectivity index (χ1v) is 12.9. The van der Waals surface area contributed by atoms with E-state index in [2.05, 4.69) is 0 Å². The quantitative estimate of drug-likeness (QED) is 0.278. The third-order valence-electron chi connectivity index (χ3n) is 6.66. The van der Waals surface area contributed by atoms with Crippen molar-refractivity contribution in [1.82, 2.24) is 0 Å². The van der Waals surface area contributed by atoms with E-state index in [1.807, 2.05) is 36.4 Å². The van der Waals surface area contributed by atoms with Gasteiger partial charge in [0.1, 0.15) is 17.2 Å². The van der Waals surface area contributed by atoms with Crippen LogP contribution in [-0.4, -0.2) is 15.3 Å². The summed E-state index contributed by atoms with van der Waals surface area (Å²) in [5, 5.41) is 38.7. The van der Waals surface area contributed by atoms with E-state index < -0.39 is 7.14 Å². The fraction of sp³-hybridized carbons (Fsp3) is 0. The number of hydrogen-bond acceptors (Lipinski definition) is 4. The van der Waals surface area contributed by atoms with Gasteiger partial charge in [0.2, 0.25) is 0 Å². The third-order valence-corrected chi connectivity index (χ3v) is 9.77. The molecule has 6 aromatic rings. The van der Waals surface area contributed by atoms with Gasteiger partial charge in [-0.1, -0.05) is 91.0 Å². The van der Waals surface area contributed by atoms with Crippen LogP contribution in [0.1, 0.15) is 0 Å². The van der Waals surface area contributed by atoms with E-state index in [1.54, 1.807) is 72.8 Å². The van der Waals surface area contributed by atoms with E-state index in [9.17, 15) is 15.3 Å². The van der Waals surface area contributed by atoms with Crippen molar-refractivity contribution >= 4 is 55.4 Å². The summed E-state index contributed by atoms with van der Waals surface area (Å²) in [5.74, 6) is -0.398. The number of hydrogen-bond donors (Lipinski definition) is 3. The van der Waals surface area contributed by atoms with Crippen molar-refractivity contribution < 1.29 is 19.9 Å². The summed E-state index contributed by atoms with van der Waals surface area (Å²) in [4.78, 5) is 0. The second-order valence-electron chi connectivity index (χ2n) is 8.57. The standard InChI is InChI=1S/C30H21O4P/c31-28-22-10-4-1-7-19(22)13-16-25(28)35(34,26-17-14-20-8-2-5-11-23(20)29(26)32)27-18-15-21-9-3-6-12-24(21)30(27)33/h1-18,31-33H. The zero-order chi connectivity index (χ0) is 24.2. The number of phenolic OH excluding ortho intramolecular Hbond substituents is 3. The average molecular weight is 476 g/mol. The van der Waals surface area contributed by atoms with Crippen LogP contribution >= 0.6 is 7.14 Å². The Morgan fingerprint density at radius 1 is 0.400 bits per heavy atom. The molecular weight excluding hydrogens is 455 g/mol. The van der Waals surface area contributed by atoms with Crippen LogP contribution in [0.2, 0.25) is 0 Å². The van der Waals surface area contributed by atoms with Gasteiger partial charge in [0.25, 0.3) is 0 Å². The number of fused-ring (bicyclic) bond motifs is 3. The Hall–Kier alpha value is -4.27. The molecule has 0 atom stereocenters. The summed E-state index contributed by atoms with van der Waals surface area (Å²) in [7, 11) is -3.95. The molecule has 0 radical (unpaired) electrons. The van der Waals surface area contributed by atoms with E-state index in [1.165, 1.54) is 0 Å². The highest BCUT2D eigenvalue weighted by molar-refractivity contribution is 7.86. The number of rotatable bonds is 3. The summed E-state index contributed by atoms with van der Waals surface area (Å²) in [6, 6.07) is 32.2. The van der Waals surface area contributed by atoms with Gasteiger partial charge >= 0.3 is 0 Å². The summed E-state index contributed by atoms with van der Waals surface area (Å²) in [6.07, 6.45) is 0. The molecular formula is C30H21O4P. The van der Waals surface area contributed by atoms with Crippen LogP contribution in [0.4, 0.5) is 0 Å². The van der Waals surface area contributed by atoms with Gasteiger partial charge in [-0.25, -0.2) is 0 Å². The van der Waals surface area contributed by atoms with Gasteiger partial charge in [-0.05, 0) is 34.4 Å². The molecule has 0 spiro atoms. The van der Waals surface area contributed by atoms with Gasteiger partial charge in [0, 0.05) is 16.2 Å². The SMILES string of the molecule is O=P(c1ccc2ccccc2c1O)(c1ccc2ccccc2c1O)c1ccc2ccccc2c1O. The van der Waals surface area contributed by atoms with Crippen LogP contribution in [0.5, 0.6) is 17.2 Å². The van der Waals surface area contributed by atoms with E-state index >= 15 is 4.57 Å². The smallest absolute Gasteiger partial charge is 0.182 e. The van der Waals surface area contributed by atoms with Crippen molar-refractivity contribution in [3.8, 4) is 17.2 Å². The lowest BCUT2D eigenvalue weighted by molar-refractivity contribution is 0.482. The Morgan fingerprint density at radius 2 is 0.686 bits per heavy atom. The zero-order valence-electron chi connectivity index (χ0n) is 18.6. The molecule has 0 heterocycles. The minimum atomic E-state index is -3.95. The van der Waals surface area contributed by atoms with Gasteiger partial charge in [0.15, 0.2) is 7.14 Å². The second-order valence-corrected chi connectivity index (χ2v) is 11.2. The maximum atomic E-state index is 15.3. The van der Waals surface area contributed by atoms with E-state index in [0.29, 0.717) is 16.2 Å². The molecule has 0 bridgehead atoms. The van der Waals surface area contributed by atoms with Crippen molar-refractivity contribution in [3.63, 3.8) is 0 Å². The van der Waals surface area contributed by atoms with Crippen molar-refractivity contribution in [2.75, 3.05) is 0 Å². The average Bonchev–Trinajstić information content (AvgIpc) is 2.89. The summed E-state index contributed by atoms with van der Waals surface area (Å²) >= 11 is 0. The van der Waals surface area contributed by atoms with Gasteiger partial charge in [0.05, 0.1) is 15.9 Å². The third kappa shape index (κ3) is 3.11. The van der Waals surface area contributed by atoms with Crippen molar-refractivity contribution in [3.05, 3.63) is 109 Å². The molecule has 5 heteroatoms. The van der Waals surface area contributed by atoms with Crippen LogP contribution in [0, 0.1) is 0 Å². The van der Waals surface area contributed by atoms with Crippen molar-refractivity contribution in [1.29, 1.82) is 0 Å². The maximum Gasteiger partial charge on any atom is 0.182 e. The monoisotopic (exact) mass is 476 g/mol. The first kappa shape index (κ1) is 21.3. The van der Waals surface area contributed by atoms with Crippen LogP contribution in [-0.2, 0) is 4.57 Å². The van der Waals surface area contributed by atoms with Crippen molar-refractivity contribution in [2.45, 2.75) is 0 Å². The first-order valence-electron chi connectivity index (χ1n) is 11.2. The molecule has 6 aromatic carbocycles. The molecule has 0 aliphatic carbocycles. The molecule has 4 nitrogen and oxygen atoms in total. The van der Waals surface area contributed by atoms with Gasteiger partial charge in [-0.15, -0.1) is 0 Å². The Labute approximate surface area is 201 Å². The van der Waals surface area contributed by atoms with Crippen molar-refractivity contribution in [2.24, 2.45) is 0 Å². The first-order chi connectivity index (χ1) is 17.0. The molecule has 0 aliphatic rings. The normalized spacial score (nSPS) is 11.9. The van der Waals surface area contributed by atoms with Crippen LogP contribution in [0.3, 0.4) is 0 Å². The second kappa shape index (κ2) is 7.90. The lowest BCUT2D eigenvalue weighted by Crippen LogP contribution is -2.26. The fourth-order valence-electron chi connectivity index (χ4n) is 4.88. The molecule has 0 aliphatic heterocycles. The molecule has 6 rings (SSSR count). The van der Waals surface area contributed by atoms with Gasteiger partial charge in [-0.3, -0.25) is 0 Å². The Balaban J connectivity index is 1.76. The predicted molar refractivity (Wildman–Crippen MR) is 143 cm³/mol. The fourth-order valence-corrected chi connectivity index (χ4v) is 7.77. The van der Waals surface area contributed by atoms with Crippen LogP contribution < -0.4 is 15.9 Å². The lowest BCUT2D eigenvalue weighted by Gasteiger charge is -2.24. The molecule has 3 N–H and O–H groups in total. The number of benzene rings is 6.